The second-order valence-electron chi connectivity index (χ2n) is 7.33. The summed E-state index contributed by atoms with van der Waals surface area (Å²) in [5, 5.41) is 19.3. The summed E-state index contributed by atoms with van der Waals surface area (Å²) in [5.74, 6) is -0.178. The minimum atomic E-state index is -1.18. The highest BCUT2D eigenvalue weighted by molar-refractivity contribution is 5.93. The molecule has 8 heteroatoms. The van der Waals surface area contributed by atoms with E-state index in [1.807, 2.05) is 38.9 Å². The average molecular weight is 358 g/mol. The lowest BCUT2D eigenvalue weighted by molar-refractivity contribution is -0.0322. The van der Waals surface area contributed by atoms with Crippen molar-refractivity contribution in [3.05, 3.63) is 35.9 Å². The Labute approximate surface area is 153 Å². The predicted octanol–water partition coefficient (Wildman–Crippen LogP) is 1.44. The molecule has 3 heterocycles. The number of hydrogen-bond acceptors (Lipinski definition) is 6. The van der Waals surface area contributed by atoms with Crippen molar-refractivity contribution in [1.29, 1.82) is 0 Å². The Balaban J connectivity index is 1.81. The highest BCUT2D eigenvalue weighted by Gasteiger charge is 2.39. The molecule has 2 aromatic rings. The lowest BCUT2D eigenvalue weighted by atomic mass is 9.90. The Morgan fingerprint density at radius 2 is 2.15 bits per heavy atom. The SMILES string of the molecule is CC(C)n1cc([C@@]2(O)CCCN(C(=O)c3cc(N(C)C)ccn3)C2)nn1. The van der Waals surface area contributed by atoms with E-state index in [1.54, 1.807) is 28.0 Å². The fourth-order valence-corrected chi connectivity index (χ4v) is 3.14. The Morgan fingerprint density at radius 1 is 1.38 bits per heavy atom. The standard InChI is InChI=1S/C18H26N6O2/c1-13(2)24-11-16(20-21-24)18(26)7-5-9-23(12-18)17(25)15-10-14(22(3)4)6-8-19-15/h6,8,10-11,13,26H,5,7,9,12H2,1-4H3/t18-/m1/s1. The molecule has 1 atom stereocenters. The van der Waals surface area contributed by atoms with Gasteiger partial charge in [0.25, 0.3) is 5.91 Å². The maximum atomic E-state index is 12.9. The zero-order chi connectivity index (χ0) is 18.9. The summed E-state index contributed by atoms with van der Waals surface area (Å²) in [7, 11) is 3.84. The van der Waals surface area contributed by atoms with Crippen molar-refractivity contribution >= 4 is 11.6 Å². The molecule has 3 rings (SSSR count). The van der Waals surface area contributed by atoms with Crippen LogP contribution in [0.15, 0.2) is 24.5 Å². The molecule has 1 aliphatic rings. The number of rotatable bonds is 4. The number of likely N-dealkylation sites (tertiary alicyclic amines) is 1. The van der Waals surface area contributed by atoms with E-state index < -0.39 is 5.60 Å². The topological polar surface area (TPSA) is 87.4 Å². The van der Waals surface area contributed by atoms with Crippen LogP contribution in [0.5, 0.6) is 0 Å². The van der Waals surface area contributed by atoms with Gasteiger partial charge in [0.2, 0.25) is 0 Å². The summed E-state index contributed by atoms with van der Waals surface area (Å²) in [6.45, 7) is 4.79. The summed E-state index contributed by atoms with van der Waals surface area (Å²) in [6.07, 6.45) is 4.65. The van der Waals surface area contributed by atoms with Gasteiger partial charge in [0.05, 0.1) is 12.7 Å². The third-order valence-electron chi connectivity index (χ3n) is 4.75. The van der Waals surface area contributed by atoms with Crippen LogP contribution in [-0.4, -0.2) is 63.1 Å². The molecular formula is C18H26N6O2. The first-order valence-corrected chi connectivity index (χ1v) is 8.87. The van der Waals surface area contributed by atoms with Crippen LogP contribution in [0.4, 0.5) is 5.69 Å². The number of hydrogen-bond donors (Lipinski definition) is 1. The molecule has 0 radical (unpaired) electrons. The van der Waals surface area contributed by atoms with E-state index in [0.717, 1.165) is 5.69 Å². The molecule has 1 amide bonds. The summed E-state index contributed by atoms with van der Waals surface area (Å²) in [5.41, 5.74) is 0.626. The number of pyridine rings is 1. The highest BCUT2D eigenvalue weighted by atomic mass is 16.3. The lowest BCUT2D eigenvalue weighted by Crippen LogP contribution is -2.49. The van der Waals surface area contributed by atoms with E-state index in [9.17, 15) is 9.90 Å². The van der Waals surface area contributed by atoms with Gasteiger partial charge in [-0.2, -0.15) is 0 Å². The monoisotopic (exact) mass is 358 g/mol. The molecule has 0 bridgehead atoms. The van der Waals surface area contributed by atoms with E-state index in [4.69, 9.17) is 0 Å². The van der Waals surface area contributed by atoms with Gasteiger partial charge < -0.3 is 14.9 Å². The molecule has 0 aliphatic carbocycles. The molecule has 0 aromatic carbocycles. The first-order chi connectivity index (χ1) is 12.3. The van der Waals surface area contributed by atoms with Crippen molar-refractivity contribution in [3.63, 3.8) is 0 Å². The zero-order valence-electron chi connectivity index (χ0n) is 15.8. The maximum absolute atomic E-state index is 12.9. The fraction of sp³-hybridized carbons (Fsp3) is 0.556. The number of anilines is 1. The molecule has 1 saturated heterocycles. The number of carbonyl (C=O) groups is 1. The molecule has 26 heavy (non-hydrogen) atoms. The van der Waals surface area contributed by atoms with Gasteiger partial charge in [0, 0.05) is 38.6 Å². The largest absolute Gasteiger partial charge is 0.382 e. The molecular weight excluding hydrogens is 332 g/mol. The van der Waals surface area contributed by atoms with Gasteiger partial charge in [-0.1, -0.05) is 5.21 Å². The summed E-state index contributed by atoms with van der Waals surface area (Å²) < 4.78 is 1.72. The number of piperidine rings is 1. The molecule has 1 fully saturated rings. The summed E-state index contributed by atoms with van der Waals surface area (Å²) in [6, 6.07) is 3.79. The van der Waals surface area contributed by atoms with Crippen LogP contribution in [0.2, 0.25) is 0 Å². The number of β-amino-alcohol motifs (C(OH)–C–C–N with tert-alkyl or cyclic N) is 1. The predicted molar refractivity (Wildman–Crippen MR) is 98.0 cm³/mol. The smallest absolute Gasteiger partial charge is 0.272 e. The van der Waals surface area contributed by atoms with Gasteiger partial charge in [-0.3, -0.25) is 9.78 Å². The molecule has 0 saturated carbocycles. The first-order valence-electron chi connectivity index (χ1n) is 8.87. The third-order valence-corrected chi connectivity index (χ3v) is 4.75. The van der Waals surface area contributed by atoms with Crippen LogP contribution in [-0.2, 0) is 5.60 Å². The summed E-state index contributed by atoms with van der Waals surface area (Å²) in [4.78, 5) is 20.7. The molecule has 0 unspecified atom stereocenters. The van der Waals surface area contributed by atoms with E-state index in [2.05, 4.69) is 15.3 Å². The van der Waals surface area contributed by atoms with Crippen molar-refractivity contribution in [1.82, 2.24) is 24.9 Å². The van der Waals surface area contributed by atoms with Crippen molar-refractivity contribution in [2.75, 3.05) is 32.1 Å². The minimum Gasteiger partial charge on any atom is -0.382 e. The van der Waals surface area contributed by atoms with Crippen LogP contribution < -0.4 is 4.90 Å². The van der Waals surface area contributed by atoms with Crippen LogP contribution in [0, 0.1) is 0 Å². The van der Waals surface area contributed by atoms with Crippen molar-refractivity contribution in [2.24, 2.45) is 0 Å². The fourth-order valence-electron chi connectivity index (χ4n) is 3.14. The second kappa shape index (κ2) is 7.03. The lowest BCUT2D eigenvalue weighted by Gasteiger charge is -2.37. The van der Waals surface area contributed by atoms with Gasteiger partial charge >= 0.3 is 0 Å². The number of aromatic nitrogens is 4. The molecule has 2 aromatic heterocycles. The van der Waals surface area contributed by atoms with E-state index in [1.165, 1.54) is 0 Å². The minimum absolute atomic E-state index is 0.166. The second-order valence-corrected chi connectivity index (χ2v) is 7.33. The normalized spacial score (nSPS) is 20.5. The van der Waals surface area contributed by atoms with E-state index in [0.29, 0.717) is 30.8 Å². The number of amides is 1. The molecule has 0 spiro atoms. The number of carbonyl (C=O) groups excluding carboxylic acids is 1. The Kier molecular flexibility index (Phi) is 4.95. The maximum Gasteiger partial charge on any atom is 0.272 e. The van der Waals surface area contributed by atoms with E-state index >= 15 is 0 Å². The molecule has 1 aliphatic heterocycles. The van der Waals surface area contributed by atoms with Crippen molar-refractivity contribution in [3.8, 4) is 0 Å². The van der Waals surface area contributed by atoms with Crippen molar-refractivity contribution < 1.29 is 9.90 Å². The first kappa shape index (κ1) is 18.3. The average Bonchev–Trinajstić information content (AvgIpc) is 3.12. The Morgan fingerprint density at radius 3 is 2.81 bits per heavy atom. The van der Waals surface area contributed by atoms with E-state index in [-0.39, 0.29) is 18.5 Å². The zero-order valence-corrected chi connectivity index (χ0v) is 15.8. The third kappa shape index (κ3) is 3.55. The van der Waals surface area contributed by atoms with Crippen LogP contribution in [0.3, 0.4) is 0 Å². The van der Waals surface area contributed by atoms with Gasteiger partial charge in [-0.15, -0.1) is 5.10 Å². The van der Waals surface area contributed by atoms with Crippen LogP contribution in [0.25, 0.3) is 0 Å². The Hall–Kier alpha value is -2.48. The van der Waals surface area contributed by atoms with Gasteiger partial charge in [-0.05, 0) is 38.8 Å². The Bertz CT molecular complexity index is 787. The van der Waals surface area contributed by atoms with Gasteiger partial charge in [-0.25, -0.2) is 4.68 Å². The molecule has 1 N–H and O–H groups in total. The van der Waals surface area contributed by atoms with Gasteiger partial charge in [0.15, 0.2) is 0 Å². The molecule has 140 valence electrons. The van der Waals surface area contributed by atoms with Crippen molar-refractivity contribution in [2.45, 2.75) is 38.3 Å². The quantitative estimate of drug-likeness (QED) is 0.890. The number of aliphatic hydroxyl groups is 1. The number of nitrogens with zero attached hydrogens (tertiary/aromatic N) is 6. The summed E-state index contributed by atoms with van der Waals surface area (Å²) >= 11 is 0. The van der Waals surface area contributed by atoms with Crippen LogP contribution in [0.1, 0.15) is 48.9 Å². The van der Waals surface area contributed by atoms with Crippen LogP contribution >= 0.6 is 0 Å². The molecule has 8 nitrogen and oxygen atoms in total. The highest BCUT2D eigenvalue weighted by Crippen LogP contribution is 2.31. The van der Waals surface area contributed by atoms with Gasteiger partial charge in [0.1, 0.15) is 17.0 Å².